The molecule has 0 saturated carbocycles. The summed E-state index contributed by atoms with van der Waals surface area (Å²) in [7, 11) is 0. The average Bonchev–Trinajstić information content (AvgIpc) is 3.23. The Morgan fingerprint density at radius 2 is 1.48 bits per heavy atom. The minimum absolute atomic E-state index is 0.0688. The van der Waals surface area contributed by atoms with Crippen molar-refractivity contribution >= 4 is 23.2 Å². The van der Waals surface area contributed by atoms with Crippen LogP contribution in [-0.4, -0.2) is 61.5 Å². The van der Waals surface area contributed by atoms with Crippen molar-refractivity contribution in [3.05, 3.63) is 75.4 Å². The summed E-state index contributed by atoms with van der Waals surface area (Å²) in [4.78, 5) is 32.6. The van der Waals surface area contributed by atoms with Gasteiger partial charge < -0.3 is 9.80 Å². The van der Waals surface area contributed by atoms with Crippen molar-refractivity contribution in [2.75, 3.05) is 50.7 Å². The molecule has 2 aliphatic rings. The number of hydrogen-bond acceptors (Lipinski definition) is 4. The van der Waals surface area contributed by atoms with Gasteiger partial charge in [0.15, 0.2) is 0 Å². The van der Waals surface area contributed by atoms with Gasteiger partial charge in [-0.05, 0) is 55.6 Å². The summed E-state index contributed by atoms with van der Waals surface area (Å²) >= 11 is 6.12. The molecule has 0 aromatic heterocycles. The van der Waals surface area contributed by atoms with Gasteiger partial charge in [0, 0.05) is 44.3 Å². The fraction of sp³-hybridized carbons (Fsp3) is 0.481. The van der Waals surface area contributed by atoms with Gasteiger partial charge in [0.1, 0.15) is 0 Å². The molecule has 2 heterocycles. The molecule has 2 fully saturated rings. The van der Waals surface area contributed by atoms with Gasteiger partial charge in [0.2, 0.25) is 11.3 Å². The standard InChI is InChI=1S/C27H34ClN3O2/c28-23-12-10-22(11-13-23)24(27(33)31-15-6-1-2-7-16-31)14-17-29-18-20-30(21-19-29)25-8-4-3-5-9-26(25)32/h3-5,8-13,24H,1-2,6-7,14-21H2. The third kappa shape index (κ3) is 6.36. The van der Waals surface area contributed by atoms with Crippen LogP contribution < -0.4 is 10.3 Å². The number of halogens is 1. The minimum Gasteiger partial charge on any atom is -0.366 e. The van der Waals surface area contributed by atoms with Gasteiger partial charge in [0.25, 0.3) is 0 Å². The zero-order chi connectivity index (χ0) is 23.0. The lowest BCUT2D eigenvalue weighted by atomic mass is 9.93. The maximum absolute atomic E-state index is 13.5. The predicted molar refractivity (Wildman–Crippen MR) is 135 cm³/mol. The Labute approximate surface area is 202 Å². The largest absolute Gasteiger partial charge is 0.366 e. The number of likely N-dealkylation sites (tertiary alicyclic amines) is 1. The van der Waals surface area contributed by atoms with Crippen molar-refractivity contribution in [1.82, 2.24) is 9.80 Å². The van der Waals surface area contributed by atoms with Crippen LogP contribution in [0.3, 0.4) is 0 Å². The Kier molecular flexibility index (Phi) is 8.40. The molecule has 6 heteroatoms. The van der Waals surface area contributed by atoms with E-state index in [-0.39, 0.29) is 17.3 Å². The summed E-state index contributed by atoms with van der Waals surface area (Å²) in [5.74, 6) is 0.116. The van der Waals surface area contributed by atoms with Gasteiger partial charge in [-0.25, -0.2) is 0 Å². The molecular weight excluding hydrogens is 434 g/mol. The van der Waals surface area contributed by atoms with E-state index in [2.05, 4.69) is 14.7 Å². The average molecular weight is 468 g/mol. The second kappa shape index (κ2) is 11.7. The second-order valence-electron chi connectivity index (χ2n) is 9.12. The van der Waals surface area contributed by atoms with Crippen LogP contribution in [0, 0.1) is 0 Å². The number of carbonyl (C=O) groups excluding carboxylic acids is 1. The van der Waals surface area contributed by atoms with Crippen LogP contribution >= 0.6 is 11.6 Å². The number of piperazine rings is 1. The number of amides is 1. The first-order valence-electron chi connectivity index (χ1n) is 12.2. The molecule has 5 nitrogen and oxygen atoms in total. The molecule has 0 radical (unpaired) electrons. The highest BCUT2D eigenvalue weighted by molar-refractivity contribution is 6.30. The maximum Gasteiger partial charge on any atom is 0.230 e. The molecule has 4 rings (SSSR count). The molecule has 2 aromatic rings. The SMILES string of the molecule is O=C(C(CCN1CCN(c2cccccc2=O)CC1)c1ccc(Cl)cc1)N1CCCCCC1. The molecule has 0 aliphatic carbocycles. The highest BCUT2D eigenvalue weighted by atomic mass is 35.5. The number of nitrogens with zero attached hydrogens (tertiary/aromatic N) is 3. The van der Waals surface area contributed by atoms with Crippen LogP contribution in [0.5, 0.6) is 0 Å². The van der Waals surface area contributed by atoms with Crippen molar-refractivity contribution in [2.45, 2.75) is 38.0 Å². The number of carbonyl (C=O) groups is 1. The van der Waals surface area contributed by atoms with E-state index in [1.165, 1.54) is 12.8 Å². The topological polar surface area (TPSA) is 43.9 Å². The normalized spacial score (nSPS) is 18.6. The van der Waals surface area contributed by atoms with E-state index in [4.69, 9.17) is 11.6 Å². The fourth-order valence-corrected chi connectivity index (χ4v) is 5.07. The summed E-state index contributed by atoms with van der Waals surface area (Å²) in [6.07, 6.45) is 5.42. The van der Waals surface area contributed by atoms with E-state index < -0.39 is 0 Å². The monoisotopic (exact) mass is 467 g/mol. The highest BCUT2D eigenvalue weighted by Gasteiger charge is 2.28. The number of hydrogen-bond donors (Lipinski definition) is 0. The molecule has 33 heavy (non-hydrogen) atoms. The smallest absolute Gasteiger partial charge is 0.230 e. The van der Waals surface area contributed by atoms with Gasteiger partial charge in [0.05, 0.1) is 11.6 Å². The Hall–Kier alpha value is -2.37. The van der Waals surface area contributed by atoms with Gasteiger partial charge in [-0.3, -0.25) is 14.5 Å². The molecule has 1 unspecified atom stereocenters. The van der Waals surface area contributed by atoms with Crippen LogP contribution in [0.2, 0.25) is 5.02 Å². The lowest BCUT2D eigenvalue weighted by Crippen LogP contribution is -2.48. The van der Waals surface area contributed by atoms with E-state index in [0.29, 0.717) is 5.02 Å². The minimum atomic E-state index is -0.139. The van der Waals surface area contributed by atoms with E-state index in [1.807, 2.05) is 42.5 Å². The van der Waals surface area contributed by atoms with E-state index in [0.717, 1.165) is 76.3 Å². The quantitative estimate of drug-likeness (QED) is 0.631. The Morgan fingerprint density at radius 3 is 2.18 bits per heavy atom. The summed E-state index contributed by atoms with van der Waals surface area (Å²) in [5.41, 5.74) is 1.90. The lowest BCUT2D eigenvalue weighted by Gasteiger charge is -2.36. The number of benzene rings is 1. The molecule has 1 amide bonds. The molecule has 2 aliphatic heterocycles. The third-order valence-electron chi connectivity index (χ3n) is 6.91. The first kappa shape index (κ1) is 23.8. The Bertz CT molecular complexity index is 965. The molecule has 1 atom stereocenters. The van der Waals surface area contributed by atoms with E-state index in [9.17, 15) is 9.59 Å². The van der Waals surface area contributed by atoms with Crippen LogP contribution in [-0.2, 0) is 4.79 Å². The van der Waals surface area contributed by atoms with Gasteiger partial charge >= 0.3 is 0 Å². The van der Waals surface area contributed by atoms with Gasteiger partial charge in [-0.1, -0.05) is 54.8 Å². The maximum atomic E-state index is 13.5. The number of rotatable bonds is 6. The molecule has 0 N–H and O–H groups in total. The number of anilines is 1. The zero-order valence-corrected chi connectivity index (χ0v) is 20.1. The zero-order valence-electron chi connectivity index (χ0n) is 19.3. The van der Waals surface area contributed by atoms with Gasteiger partial charge in [-0.15, -0.1) is 0 Å². The summed E-state index contributed by atoms with van der Waals surface area (Å²) in [6, 6.07) is 16.9. The lowest BCUT2D eigenvalue weighted by molar-refractivity contribution is -0.133. The van der Waals surface area contributed by atoms with E-state index >= 15 is 0 Å². The van der Waals surface area contributed by atoms with Crippen LogP contribution in [0.4, 0.5) is 5.69 Å². The van der Waals surface area contributed by atoms with Crippen LogP contribution in [0.15, 0.2) is 59.4 Å². The predicted octanol–water partition coefficient (Wildman–Crippen LogP) is 4.40. The highest BCUT2D eigenvalue weighted by Crippen LogP contribution is 2.26. The summed E-state index contributed by atoms with van der Waals surface area (Å²) < 4.78 is 0. The third-order valence-corrected chi connectivity index (χ3v) is 7.16. The van der Waals surface area contributed by atoms with Crippen molar-refractivity contribution in [3.63, 3.8) is 0 Å². The van der Waals surface area contributed by atoms with Crippen molar-refractivity contribution in [2.24, 2.45) is 0 Å². The van der Waals surface area contributed by atoms with Crippen molar-refractivity contribution in [3.8, 4) is 0 Å². The van der Waals surface area contributed by atoms with Gasteiger partial charge in [-0.2, -0.15) is 0 Å². The van der Waals surface area contributed by atoms with Crippen LogP contribution in [0.25, 0.3) is 0 Å². The Morgan fingerprint density at radius 1 is 0.818 bits per heavy atom. The summed E-state index contributed by atoms with van der Waals surface area (Å²) in [6.45, 7) is 6.04. The van der Waals surface area contributed by atoms with Crippen molar-refractivity contribution in [1.29, 1.82) is 0 Å². The molecular formula is C27H34ClN3O2. The molecule has 2 saturated heterocycles. The second-order valence-corrected chi connectivity index (χ2v) is 9.56. The van der Waals surface area contributed by atoms with Crippen LogP contribution in [0.1, 0.15) is 43.6 Å². The summed E-state index contributed by atoms with van der Waals surface area (Å²) in [5, 5.41) is 0.697. The van der Waals surface area contributed by atoms with Crippen molar-refractivity contribution < 1.29 is 4.79 Å². The molecule has 2 aromatic carbocycles. The molecule has 176 valence electrons. The van der Waals surface area contributed by atoms with E-state index in [1.54, 1.807) is 12.1 Å². The molecule has 0 spiro atoms. The fourth-order valence-electron chi connectivity index (χ4n) is 4.95. The first-order chi connectivity index (χ1) is 16.1. The Balaban J connectivity index is 1.40. The molecule has 0 bridgehead atoms. The first-order valence-corrected chi connectivity index (χ1v) is 12.6.